The Balaban J connectivity index is 2.18. The van der Waals surface area contributed by atoms with Crippen LogP contribution in [0.1, 0.15) is 9.67 Å². The lowest BCUT2D eigenvalue weighted by Crippen LogP contribution is -2.06. The minimum absolute atomic E-state index is 0.0591. The van der Waals surface area contributed by atoms with Gasteiger partial charge in [-0.05, 0) is 11.4 Å². The Morgan fingerprint density at radius 3 is 3.07 bits per heavy atom. The predicted molar refractivity (Wildman–Crippen MR) is 57.1 cm³/mol. The lowest BCUT2D eigenvalue weighted by Gasteiger charge is -1.98. The Hall–Kier alpha value is -0.910. The van der Waals surface area contributed by atoms with Crippen molar-refractivity contribution in [3.05, 3.63) is 21.7 Å². The van der Waals surface area contributed by atoms with Gasteiger partial charge in [-0.2, -0.15) is 11.3 Å². The first-order chi connectivity index (χ1) is 6.81. The third-order valence-corrected chi connectivity index (χ3v) is 3.68. The summed E-state index contributed by atoms with van der Waals surface area (Å²) in [6.45, 7) is -0.0749. The van der Waals surface area contributed by atoms with Crippen molar-refractivity contribution in [1.29, 1.82) is 0 Å². The molecule has 0 saturated carbocycles. The van der Waals surface area contributed by atoms with Crippen molar-refractivity contribution in [1.82, 2.24) is 0 Å². The molecule has 0 aliphatic rings. The molecular weight excluding hydrogens is 220 g/mol. The largest absolute Gasteiger partial charge is 0.459 e. The second kappa shape index (κ2) is 4.08. The number of fused-ring (bicyclic) bond motifs is 1. The number of carbonyl (C=O) groups is 1. The number of hydrogen-bond donors (Lipinski definition) is 1. The van der Waals surface area contributed by atoms with E-state index in [0.29, 0.717) is 4.88 Å². The number of esters is 1. The molecule has 2 rings (SSSR count). The zero-order chi connectivity index (χ0) is 9.97. The van der Waals surface area contributed by atoms with Crippen LogP contribution in [0.25, 0.3) is 10.1 Å². The van der Waals surface area contributed by atoms with Gasteiger partial charge in [-0.3, -0.25) is 0 Å². The molecule has 1 N–H and O–H groups in total. The van der Waals surface area contributed by atoms with E-state index in [0.717, 1.165) is 10.1 Å². The molecule has 0 unspecified atom stereocenters. The summed E-state index contributed by atoms with van der Waals surface area (Å²) in [6.07, 6.45) is 0. The Morgan fingerprint density at radius 1 is 1.50 bits per heavy atom. The fourth-order valence-electron chi connectivity index (χ4n) is 1.08. The van der Waals surface area contributed by atoms with Gasteiger partial charge in [0.2, 0.25) is 0 Å². The first-order valence-electron chi connectivity index (χ1n) is 4.05. The maximum Gasteiger partial charge on any atom is 0.348 e. The molecule has 2 heterocycles. The average Bonchev–Trinajstić information content (AvgIpc) is 2.72. The van der Waals surface area contributed by atoms with E-state index in [1.54, 1.807) is 11.3 Å². The second-order valence-electron chi connectivity index (χ2n) is 2.66. The summed E-state index contributed by atoms with van der Waals surface area (Å²) >= 11 is 3.03. The van der Waals surface area contributed by atoms with Crippen LogP contribution in [0.2, 0.25) is 0 Å². The topological polar surface area (TPSA) is 46.5 Å². The van der Waals surface area contributed by atoms with E-state index >= 15 is 0 Å². The van der Waals surface area contributed by atoms with Crippen LogP contribution in [0.3, 0.4) is 0 Å². The quantitative estimate of drug-likeness (QED) is 0.818. The zero-order valence-corrected chi connectivity index (χ0v) is 8.86. The van der Waals surface area contributed by atoms with Crippen molar-refractivity contribution < 1.29 is 14.6 Å². The van der Waals surface area contributed by atoms with Crippen LogP contribution in [0, 0.1) is 0 Å². The van der Waals surface area contributed by atoms with Crippen LogP contribution in [0.4, 0.5) is 0 Å². The molecule has 0 aliphatic carbocycles. The molecule has 74 valence electrons. The summed E-state index contributed by atoms with van der Waals surface area (Å²) in [6, 6.07) is 1.82. The van der Waals surface area contributed by atoms with Gasteiger partial charge in [-0.25, -0.2) is 4.79 Å². The molecule has 0 amide bonds. The lowest BCUT2D eigenvalue weighted by atomic mass is 10.4. The zero-order valence-electron chi connectivity index (χ0n) is 7.23. The SMILES string of the molecule is O=C(OCCO)c1cc2cscc2s1. The molecule has 2 aromatic heterocycles. The molecule has 2 aromatic rings. The standard InChI is InChI=1S/C9H8O3S2/c10-1-2-12-9(11)7-3-6-4-13-5-8(6)14-7/h3-5,10H,1-2H2. The van der Waals surface area contributed by atoms with Gasteiger partial charge in [0, 0.05) is 15.5 Å². The van der Waals surface area contributed by atoms with Gasteiger partial charge in [-0.1, -0.05) is 0 Å². The molecule has 0 fully saturated rings. The van der Waals surface area contributed by atoms with Crippen molar-refractivity contribution >= 4 is 38.7 Å². The van der Waals surface area contributed by atoms with Crippen LogP contribution in [-0.2, 0) is 4.74 Å². The maximum atomic E-state index is 11.4. The summed E-state index contributed by atoms with van der Waals surface area (Å²) in [5.74, 6) is -0.356. The Morgan fingerprint density at radius 2 is 2.36 bits per heavy atom. The maximum absolute atomic E-state index is 11.4. The van der Waals surface area contributed by atoms with Gasteiger partial charge in [0.15, 0.2) is 0 Å². The van der Waals surface area contributed by atoms with Crippen molar-refractivity contribution in [2.24, 2.45) is 0 Å². The summed E-state index contributed by atoms with van der Waals surface area (Å²) in [5, 5.41) is 13.6. The highest BCUT2D eigenvalue weighted by Crippen LogP contribution is 2.28. The molecule has 14 heavy (non-hydrogen) atoms. The Kier molecular flexibility index (Phi) is 2.81. The first-order valence-corrected chi connectivity index (χ1v) is 5.81. The first kappa shape index (κ1) is 9.64. The van der Waals surface area contributed by atoms with Crippen molar-refractivity contribution in [3.8, 4) is 0 Å². The molecule has 5 heteroatoms. The highest BCUT2D eigenvalue weighted by molar-refractivity contribution is 7.23. The number of aliphatic hydroxyl groups is 1. The van der Waals surface area contributed by atoms with Crippen LogP contribution in [-0.4, -0.2) is 24.3 Å². The number of hydrogen-bond acceptors (Lipinski definition) is 5. The van der Waals surface area contributed by atoms with Gasteiger partial charge in [0.25, 0.3) is 0 Å². The molecule has 0 bridgehead atoms. The van der Waals surface area contributed by atoms with Gasteiger partial charge in [0.1, 0.15) is 11.5 Å². The minimum Gasteiger partial charge on any atom is -0.459 e. The van der Waals surface area contributed by atoms with Crippen molar-refractivity contribution in [3.63, 3.8) is 0 Å². The molecule has 0 aromatic carbocycles. The molecule has 0 spiro atoms. The van der Waals surface area contributed by atoms with E-state index < -0.39 is 0 Å². The van der Waals surface area contributed by atoms with E-state index in [4.69, 9.17) is 9.84 Å². The van der Waals surface area contributed by atoms with Crippen LogP contribution < -0.4 is 0 Å². The van der Waals surface area contributed by atoms with Crippen molar-refractivity contribution in [2.75, 3.05) is 13.2 Å². The highest BCUT2D eigenvalue weighted by atomic mass is 32.1. The molecule has 0 atom stereocenters. The van der Waals surface area contributed by atoms with Crippen molar-refractivity contribution in [2.45, 2.75) is 0 Å². The third kappa shape index (κ3) is 1.79. The van der Waals surface area contributed by atoms with Gasteiger partial charge in [0.05, 0.1) is 6.61 Å². The number of carbonyl (C=O) groups excluding carboxylic acids is 1. The van der Waals surface area contributed by atoms with Gasteiger partial charge < -0.3 is 9.84 Å². The minimum atomic E-state index is -0.356. The number of rotatable bonds is 3. The summed E-state index contributed by atoms with van der Waals surface area (Å²) in [5.41, 5.74) is 0. The summed E-state index contributed by atoms with van der Waals surface area (Å²) in [7, 11) is 0. The lowest BCUT2D eigenvalue weighted by molar-refractivity contribution is 0.0439. The van der Waals surface area contributed by atoms with E-state index in [1.165, 1.54) is 11.3 Å². The highest BCUT2D eigenvalue weighted by Gasteiger charge is 2.11. The van der Waals surface area contributed by atoms with E-state index in [1.807, 2.05) is 16.8 Å². The van der Waals surface area contributed by atoms with Crippen LogP contribution >= 0.6 is 22.7 Å². The number of aliphatic hydroxyl groups excluding tert-OH is 1. The molecule has 0 saturated heterocycles. The Bertz CT molecular complexity index is 415. The molecule has 0 radical (unpaired) electrons. The fraction of sp³-hybridized carbons (Fsp3) is 0.222. The predicted octanol–water partition coefficient (Wildman–Crippen LogP) is 2.11. The Labute approximate surface area is 88.6 Å². The smallest absolute Gasteiger partial charge is 0.348 e. The second-order valence-corrected chi connectivity index (χ2v) is 4.49. The normalized spacial score (nSPS) is 10.6. The van der Waals surface area contributed by atoms with E-state index in [9.17, 15) is 4.79 Å². The van der Waals surface area contributed by atoms with Gasteiger partial charge in [-0.15, -0.1) is 11.3 Å². The van der Waals surface area contributed by atoms with E-state index in [-0.39, 0.29) is 19.2 Å². The van der Waals surface area contributed by atoms with Crippen LogP contribution in [0.5, 0.6) is 0 Å². The number of ether oxygens (including phenoxy) is 1. The molecule has 0 aliphatic heterocycles. The van der Waals surface area contributed by atoms with E-state index in [2.05, 4.69) is 0 Å². The summed E-state index contributed by atoms with van der Waals surface area (Å²) in [4.78, 5) is 11.9. The molecular formula is C9H8O3S2. The average molecular weight is 228 g/mol. The summed E-state index contributed by atoms with van der Waals surface area (Å²) < 4.78 is 5.90. The van der Waals surface area contributed by atoms with Crippen LogP contribution in [0.15, 0.2) is 16.8 Å². The number of thiophene rings is 2. The fourth-order valence-corrected chi connectivity index (χ4v) is 2.99. The monoisotopic (exact) mass is 228 g/mol. The molecule has 3 nitrogen and oxygen atoms in total. The van der Waals surface area contributed by atoms with Gasteiger partial charge >= 0.3 is 5.97 Å². The third-order valence-electron chi connectivity index (χ3n) is 1.69.